The minimum Gasteiger partial charge on any atom is -0.461 e. The number of nitrogens with one attached hydrogen (secondary N) is 1. The predicted octanol–water partition coefficient (Wildman–Crippen LogP) is 1.65. The zero-order valence-electron chi connectivity index (χ0n) is 7.28. The van der Waals surface area contributed by atoms with Crippen LogP contribution < -0.4 is 5.32 Å². The molecule has 4 nitrogen and oxygen atoms in total. The molecule has 1 N–H and O–H groups in total. The lowest BCUT2D eigenvalue weighted by Crippen LogP contribution is -2.04. The smallest absolute Gasteiger partial charge is 0.209 e. The quantitative estimate of drug-likeness (QED) is 0.776. The van der Waals surface area contributed by atoms with Gasteiger partial charge in [-0.1, -0.05) is 0 Å². The van der Waals surface area contributed by atoms with E-state index in [1.54, 1.807) is 12.5 Å². The van der Waals surface area contributed by atoms with Crippen LogP contribution in [0.3, 0.4) is 0 Å². The summed E-state index contributed by atoms with van der Waals surface area (Å²) in [5, 5.41) is 2.96. The molecule has 0 fully saturated rings. The van der Waals surface area contributed by atoms with Gasteiger partial charge in [-0.2, -0.15) is 0 Å². The second-order valence-electron chi connectivity index (χ2n) is 2.63. The fourth-order valence-electron chi connectivity index (χ4n) is 1.08. The summed E-state index contributed by atoms with van der Waals surface area (Å²) in [6, 6.07) is 3.65. The molecule has 0 saturated heterocycles. The normalized spacial score (nSPS) is 10.5. The van der Waals surface area contributed by atoms with Gasteiger partial charge in [0.2, 0.25) is 5.89 Å². The number of rotatable bonds is 3. The SMILES string of the molecule is CNCc1ncc(-c2ccco2)o1. The molecular formula is C9H10N2O2. The average Bonchev–Trinajstić information content (AvgIpc) is 2.70. The lowest BCUT2D eigenvalue weighted by Gasteiger charge is -1.90. The van der Waals surface area contributed by atoms with Crippen molar-refractivity contribution in [2.75, 3.05) is 7.05 Å². The Balaban J connectivity index is 2.23. The van der Waals surface area contributed by atoms with Crippen LogP contribution in [-0.4, -0.2) is 12.0 Å². The van der Waals surface area contributed by atoms with Gasteiger partial charge in [-0.3, -0.25) is 0 Å². The van der Waals surface area contributed by atoms with E-state index < -0.39 is 0 Å². The lowest BCUT2D eigenvalue weighted by molar-refractivity contribution is 0.471. The van der Waals surface area contributed by atoms with Crippen LogP contribution in [0.4, 0.5) is 0 Å². The van der Waals surface area contributed by atoms with Gasteiger partial charge in [-0.05, 0) is 19.2 Å². The molecular weight excluding hydrogens is 168 g/mol. The van der Waals surface area contributed by atoms with Crippen molar-refractivity contribution in [2.45, 2.75) is 6.54 Å². The topological polar surface area (TPSA) is 51.2 Å². The van der Waals surface area contributed by atoms with E-state index in [-0.39, 0.29) is 0 Å². The molecule has 0 unspecified atom stereocenters. The van der Waals surface area contributed by atoms with Crippen LogP contribution >= 0.6 is 0 Å². The van der Waals surface area contributed by atoms with Crippen LogP contribution in [0.5, 0.6) is 0 Å². The van der Waals surface area contributed by atoms with Gasteiger partial charge in [0.05, 0.1) is 19.0 Å². The molecule has 0 aromatic carbocycles. The lowest BCUT2D eigenvalue weighted by atomic mass is 10.4. The van der Waals surface area contributed by atoms with Crippen LogP contribution in [0.15, 0.2) is 33.4 Å². The minimum absolute atomic E-state index is 0.626. The summed E-state index contributed by atoms with van der Waals surface area (Å²) < 4.78 is 10.6. The summed E-state index contributed by atoms with van der Waals surface area (Å²) in [6.07, 6.45) is 3.26. The fourth-order valence-corrected chi connectivity index (χ4v) is 1.08. The van der Waals surface area contributed by atoms with Gasteiger partial charge in [-0.25, -0.2) is 4.98 Å². The first-order valence-corrected chi connectivity index (χ1v) is 4.03. The van der Waals surface area contributed by atoms with Gasteiger partial charge in [0, 0.05) is 0 Å². The van der Waals surface area contributed by atoms with Gasteiger partial charge in [0.1, 0.15) is 0 Å². The summed E-state index contributed by atoms with van der Waals surface area (Å²) in [5.74, 6) is 2.03. The third kappa shape index (κ3) is 1.62. The zero-order chi connectivity index (χ0) is 9.10. The van der Waals surface area contributed by atoms with E-state index in [9.17, 15) is 0 Å². The second kappa shape index (κ2) is 3.45. The number of oxazole rings is 1. The minimum atomic E-state index is 0.626. The van der Waals surface area contributed by atoms with Crippen LogP contribution in [0, 0.1) is 0 Å². The van der Waals surface area contributed by atoms with Gasteiger partial charge in [0.15, 0.2) is 11.5 Å². The molecule has 0 aliphatic rings. The Kier molecular flexibility index (Phi) is 2.14. The number of hydrogen-bond acceptors (Lipinski definition) is 4. The first-order chi connectivity index (χ1) is 6.40. The van der Waals surface area contributed by atoms with E-state index in [1.165, 1.54) is 0 Å². The Hall–Kier alpha value is -1.55. The maximum Gasteiger partial charge on any atom is 0.209 e. The maximum atomic E-state index is 5.40. The maximum absolute atomic E-state index is 5.40. The van der Waals surface area contributed by atoms with E-state index in [1.807, 2.05) is 19.2 Å². The molecule has 0 radical (unpaired) electrons. The molecule has 13 heavy (non-hydrogen) atoms. The van der Waals surface area contributed by atoms with Gasteiger partial charge < -0.3 is 14.2 Å². The molecule has 0 spiro atoms. The van der Waals surface area contributed by atoms with E-state index in [2.05, 4.69) is 10.3 Å². The molecule has 2 rings (SSSR count). The van der Waals surface area contributed by atoms with Crippen molar-refractivity contribution in [3.8, 4) is 11.5 Å². The molecule has 0 bridgehead atoms. The van der Waals surface area contributed by atoms with Gasteiger partial charge in [0.25, 0.3) is 0 Å². The van der Waals surface area contributed by atoms with Crippen LogP contribution in [0.1, 0.15) is 5.89 Å². The van der Waals surface area contributed by atoms with E-state index in [4.69, 9.17) is 8.83 Å². The summed E-state index contributed by atoms with van der Waals surface area (Å²) >= 11 is 0. The van der Waals surface area contributed by atoms with Crippen molar-refractivity contribution in [2.24, 2.45) is 0 Å². The summed E-state index contributed by atoms with van der Waals surface area (Å²) in [4.78, 5) is 4.07. The number of furan rings is 1. The molecule has 68 valence electrons. The Morgan fingerprint density at radius 1 is 1.46 bits per heavy atom. The summed E-state index contributed by atoms with van der Waals surface area (Å²) in [5.41, 5.74) is 0. The van der Waals surface area contributed by atoms with Crippen LogP contribution in [0.2, 0.25) is 0 Å². The average molecular weight is 178 g/mol. The summed E-state index contributed by atoms with van der Waals surface area (Å²) in [6.45, 7) is 0.626. The van der Waals surface area contributed by atoms with Crippen molar-refractivity contribution in [3.63, 3.8) is 0 Å². The highest BCUT2D eigenvalue weighted by molar-refractivity contribution is 5.47. The molecule has 2 aromatic rings. The largest absolute Gasteiger partial charge is 0.461 e. The van der Waals surface area contributed by atoms with Crippen molar-refractivity contribution in [1.82, 2.24) is 10.3 Å². The monoisotopic (exact) mass is 178 g/mol. The Morgan fingerprint density at radius 3 is 3.08 bits per heavy atom. The highest BCUT2D eigenvalue weighted by Gasteiger charge is 2.06. The van der Waals surface area contributed by atoms with Gasteiger partial charge in [-0.15, -0.1) is 0 Å². The van der Waals surface area contributed by atoms with E-state index in [0.717, 1.165) is 0 Å². The molecule has 4 heteroatoms. The van der Waals surface area contributed by atoms with Crippen molar-refractivity contribution in [3.05, 3.63) is 30.5 Å². The van der Waals surface area contributed by atoms with Crippen molar-refractivity contribution < 1.29 is 8.83 Å². The highest BCUT2D eigenvalue weighted by atomic mass is 16.4. The first-order valence-electron chi connectivity index (χ1n) is 4.03. The summed E-state index contributed by atoms with van der Waals surface area (Å²) in [7, 11) is 1.84. The predicted molar refractivity (Wildman–Crippen MR) is 47.0 cm³/mol. The standard InChI is InChI=1S/C9H10N2O2/c1-10-6-9-11-5-8(13-9)7-3-2-4-12-7/h2-5,10H,6H2,1H3. The number of aromatic nitrogens is 1. The first kappa shape index (κ1) is 8.07. The van der Waals surface area contributed by atoms with Crippen LogP contribution in [-0.2, 0) is 6.54 Å². The fraction of sp³-hybridized carbons (Fsp3) is 0.222. The molecule has 2 aromatic heterocycles. The van der Waals surface area contributed by atoms with Crippen LogP contribution in [0.25, 0.3) is 11.5 Å². The Labute approximate surface area is 75.6 Å². The zero-order valence-corrected chi connectivity index (χ0v) is 7.28. The van der Waals surface area contributed by atoms with Gasteiger partial charge >= 0.3 is 0 Å². The highest BCUT2D eigenvalue weighted by Crippen LogP contribution is 2.20. The molecule has 0 atom stereocenters. The molecule has 0 amide bonds. The number of nitrogens with zero attached hydrogens (tertiary/aromatic N) is 1. The molecule has 0 aliphatic heterocycles. The van der Waals surface area contributed by atoms with Crippen molar-refractivity contribution >= 4 is 0 Å². The van der Waals surface area contributed by atoms with E-state index in [0.29, 0.717) is 24.0 Å². The van der Waals surface area contributed by atoms with E-state index >= 15 is 0 Å². The third-order valence-corrected chi connectivity index (χ3v) is 1.65. The molecule has 0 aliphatic carbocycles. The Morgan fingerprint density at radius 2 is 2.38 bits per heavy atom. The third-order valence-electron chi connectivity index (χ3n) is 1.65. The molecule has 0 saturated carbocycles. The molecule has 2 heterocycles. The Bertz CT molecular complexity index is 365. The van der Waals surface area contributed by atoms with Crippen molar-refractivity contribution in [1.29, 1.82) is 0 Å². The second-order valence-corrected chi connectivity index (χ2v) is 2.63. The number of hydrogen-bond donors (Lipinski definition) is 1.